The molecule has 0 fully saturated rings. The van der Waals surface area contributed by atoms with Gasteiger partial charge < -0.3 is 9.47 Å². The largest absolute Gasteiger partial charge is 0.493 e. The number of thiophene rings is 1. The Morgan fingerprint density at radius 2 is 1.95 bits per heavy atom. The van der Waals surface area contributed by atoms with Crippen LogP contribution in [0.3, 0.4) is 0 Å². The molecule has 0 spiro atoms. The van der Waals surface area contributed by atoms with Gasteiger partial charge in [-0.05, 0) is 48.6 Å². The number of rotatable bonds is 5. The van der Waals surface area contributed by atoms with E-state index < -0.39 is 0 Å². The van der Waals surface area contributed by atoms with E-state index in [1.54, 1.807) is 25.6 Å². The van der Waals surface area contributed by atoms with Crippen LogP contribution in [0, 0.1) is 0 Å². The van der Waals surface area contributed by atoms with Crippen LogP contribution in [0.5, 0.6) is 11.5 Å². The van der Waals surface area contributed by atoms with Crippen LogP contribution in [0.1, 0.15) is 32.1 Å². The number of aryl methyl sites for hydroxylation is 2. The highest BCUT2D eigenvalue weighted by Crippen LogP contribution is 2.32. The maximum atomic E-state index is 12.4. The van der Waals surface area contributed by atoms with Gasteiger partial charge in [0.2, 0.25) is 0 Å². The van der Waals surface area contributed by atoms with E-state index in [-0.39, 0.29) is 5.78 Å². The second kappa shape index (κ2) is 5.90. The summed E-state index contributed by atoms with van der Waals surface area (Å²) in [6.07, 6.45) is 3.88. The number of ketones is 1. The summed E-state index contributed by atoms with van der Waals surface area (Å²) < 4.78 is 10.5. The first-order chi connectivity index (χ1) is 10.2. The molecule has 0 N–H and O–H groups in total. The molecule has 3 nitrogen and oxygen atoms in total. The first kappa shape index (κ1) is 14.1. The van der Waals surface area contributed by atoms with Gasteiger partial charge in [0.25, 0.3) is 0 Å². The molecule has 4 heteroatoms. The summed E-state index contributed by atoms with van der Waals surface area (Å²) in [4.78, 5) is 14.7. The van der Waals surface area contributed by atoms with Crippen molar-refractivity contribution in [3.8, 4) is 11.5 Å². The minimum Gasteiger partial charge on any atom is -0.493 e. The minimum atomic E-state index is 0.182. The van der Waals surface area contributed by atoms with E-state index in [1.165, 1.54) is 16.9 Å². The minimum absolute atomic E-state index is 0.182. The molecule has 0 radical (unpaired) electrons. The lowest BCUT2D eigenvalue weighted by Crippen LogP contribution is -2.02. The molecule has 1 aromatic heterocycles. The van der Waals surface area contributed by atoms with Crippen molar-refractivity contribution >= 4 is 17.1 Å². The fourth-order valence-corrected chi connectivity index (χ4v) is 3.92. The third-order valence-electron chi connectivity index (χ3n) is 3.83. The maximum Gasteiger partial charge on any atom is 0.177 e. The highest BCUT2D eigenvalue weighted by atomic mass is 32.1. The van der Waals surface area contributed by atoms with Gasteiger partial charge in [0.15, 0.2) is 17.3 Å². The molecule has 0 bridgehead atoms. The summed E-state index contributed by atoms with van der Waals surface area (Å²) in [6, 6.07) is 7.71. The van der Waals surface area contributed by atoms with Gasteiger partial charge in [-0.3, -0.25) is 4.79 Å². The number of methoxy groups -OCH3 is 2. The van der Waals surface area contributed by atoms with Gasteiger partial charge in [0, 0.05) is 11.3 Å². The van der Waals surface area contributed by atoms with Crippen LogP contribution < -0.4 is 9.47 Å². The van der Waals surface area contributed by atoms with Crippen LogP contribution in [0.15, 0.2) is 24.3 Å². The van der Waals surface area contributed by atoms with Crippen LogP contribution in [0.2, 0.25) is 0 Å². The van der Waals surface area contributed by atoms with Crippen molar-refractivity contribution in [2.75, 3.05) is 14.2 Å². The lowest BCUT2D eigenvalue weighted by Gasteiger charge is -2.09. The zero-order valence-corrected chi connectivity index (χ0v) is 13.1. The second-order valence-corrected chi connectivity index (χ2v) is 6.34. The molecule has 0 aliphatic heterocycles. The quantitative estimate of drug-likeness (QED) is 0.790. The number of ether oxygens (including phenoxy) is 2. The molecule has 1 aliphatic rings. The first-order valence-corrected chi connectivity index (χ1v) is 7.88. The van der Waals surface area contributed by atoms with E-state index in [2.05, 4.69) is 6.07 Å². The van der Waals surface area contributed by atoms with Crippen molar-refractivity contribution in [3.05, 3.63) is 45.1 Å². The van der Waals surface area contributed by atoms with Crippen molar-refractivity contribution in [2.45, 2.75) is 25.7 Å². The molecule has 0 atom stereocenters. The van der Waals surface area contributed by atoms with Crippen molar-refractivity contribution < 1.29 is 14.3 Å². The highest BCUT2D eigenvalue weighted by molar-refractivity contribution is 7.14. The Bertz CT molecular complexity index is 651. The van der Waals surface area contributed by atoms with Gasteiger partial charge in [-0.1, -0.05) is 6.07 Å². The van der Waals surface area contributed by atoms with Gasteiger partial charge in [-0.25, -0.2) is 0 Å². The Hall–Kier alpha value is -1.81. The number of benzene rings is 1. The van der Waals surface area contributed by atoms with Gasteiger partial charge in [-0.15, -0.1) is 11.3 Å². The molecule has 1 heterocycles. The normalized spacial score (nSPS) is 13.0. The number of hydrogen-bond acceptors (Lipinski definition) is 4. The van der Waals surface area contributed by atoms with E-state index in [1.807, 2.05) is 18.2 Å². The molecule has 1 aromatic carbocycles. The monoisotopic (exact) mass is 302 g/mol. The van der Waals surface area contributed by atoms with E-state index in [4.69, 9.17) is 9.47 Å². The highest BCUT2D eigenvalue weighted by Gasteiger charge is 2.19. The molecule has 0 amide bonds. The molecular formula is C17H18O3S. The predicted octanol–water partition coefficient (Wildman–Crippen LogP) is 3.68. The number of hydrogen-bond donors (Lipinski definition) is 0. The number of carbonyl (C=O) groups excluding carboxylic acids is 1. The number of Topliss-reactive ketones (excluding diaryl/α,β-unsaturated/α-hetero) is 1. The lowest BCUT2D eigenvalue weighted by molar-refractivity contribution is 0.0996. The number of carbonyl (C=O) groups is 1. The summed E-state index contributed by atoms with van der Waals surface area (Å²) >= 11 is 1.66. The summed E-state index contributed by atoms with van der Waals surface area (Å²) in [5.74, 6) is 1.53. The molecule has 0 saturated carbocycles. The Labute approximate surface area is 128 Å². The first-order valence-electron chi connectivity index (χ1n) is 7.07. The van der Waals surface area contributed by atoms with E-state index in [0.717, 1.165) is 23.3 Å². The molecule has 2 aromatic rings. The SMILES string of the molecule is COc1ccc(CC(=O)c2cc3c(s2)CCC3)cc1OC. The van der Waals surface area contributed by atoms with Crippen molar-refractivity contribution in [3.63, 3.8) is 0 Å². The third-order valence-corrected chi connectivity index (χ3v) is 5.11. The van der Waals surface area contributed by atoms with E-state index in [0.29, 0.717) is 17.9 Å². The Morgan fingerprint density at radius 1 is 1.14 bits per heavy atom. The predicted molar refractivity (Wildman–Crippen MR) is 83.9 cm³/mol. The molecule has 0 saturated heterocycles. The molecular weight excluding hydrogens is 284 g/mol. The summed E-state index contributed by atoms with van der Waals surface area (Å²) in [5.41, 5.74) is 2.32. The zero-order chi connectivity index (χ0) is 14.8. The molecule has 0 unspecified atom stereocenters. The maximum absolute atomic E-state index is 12.4. The fourth-order valence-electron chi connectivity index (χ4n) is 2.73. The summed E-state index contributed by atoms with van der Waals surface area (Å²) in [5, 5.41) is 0. The van der Waals surface area contributed by atoms with E-state index >= 15 is 0 Å². The van der Waals surface area contributed by atoms with Gasteiger partial charge >= 0.3 is 0 Å². The summed E-state index contributed by atoms with van der Waals surface area (Å²) in [6.45, 7) is 0. The molecule has 1 aliphatic carbocycles. The molecule has 110 valence electrons. The third kappa shape index (κ3) is 2.81. The Kier molecular flexibility index (Phi) is 3.97. The lowest BCUT2D eigenvalue weighted by atomic mass is 10.1. The van der Waals surface area contributed by atoms with Crippen LogP contribution in [-0.2, 0) is 19.3 Å². The van der Waals surface area contributed by atoms with Gasteiger partial charge in [-0.2, -0.15) is 0 Å². The molecule has 21 heavy (non-hydrogen) atoms. The Morgan fingerprint density at radius 3 is 2.67 bits per heavy atom. The average Bonchev–Trinajstić information content (AvgIpc) is 3.08. The van der Waals surface area contributed by atoms with Crippen LogP contribution in [0.25, 0.3) is 0 Å². The van der Waals surface area contributed by atoms with Crippen molar-refractivity contribution in [1.29, 1.82) is 0 Å². The average molecular weight is 302 g/mol. The fraction of sp³-hybridized carbons (Fsp3) is 0.353. The van der Waals surface area contributed by atoms with Gasteiger partial charge in [0.1, 0.15) is 0 Å². The van der Waals surface area contributed by atoms with Crippen molar-refractivity contribution in [2.24, 2.45) is 0 Å². The Balaban J connectivity index is 1.77. The second-order valence-electron chi connectivity index (χ2n) is 5.20. The smallest absolute Gasteiger partial charge is 0.177 e. The molecule has 3 rings (SSSR count). The number of fused-ring (bicyclic) bond motifs is 1. The van der Waals surface area contributed by atoms with Crippen LogP contribution in [-0.4, -0.2) is 20.0 Å². The topological polar surface area (TPSA) is 35.5 Å². The van der Waals surface area contributed by atoms with Gasteiger partial charge in [0.05, 0.1) is 19.1 Å². The van der Waals surface area contributed by atoms with Crippen LogP contribution >= 0.6 is 11.3 Å². The standard InChI is InChI=1S/C17H18O3S/c1-19-14-7-6-11(9-15(14)20-2)8-13(18)17-10-12-4-3-5-16(12)21-17/h6-7,9-10H,3-5,8H2,1-2H3. The van der Waals surface area contributed by atoms with Crippen LogP contribution in [0.4, 0.5) is 0 Å². The summed E-state index contributed by atoms with van der Waals surface area (Å²) in [7, 11) is 3.21. The van der Waals surface area contributed by atoms with Crippen molar-refractivity contribution in [1.82, 2.24) is 0 Å². The zero-order valence-electron chi connectivity index (χ0n) is 12.3. The van der Waals surface area contributed by atoms with E-state index in [9.17, 15) is 4.79 Å².